The number of hydrogen-bond donors (Lipinski definition) is 0. The number of rotatable bonds is 1. The molecule has 0 aliphatic heterocycles. The quantitative estimate of drug-likeness (QED) is 0.509. The highest BCUT2D eigenvalue weighted by molar-refractivity contribution is 6.29. The molecule has 2 heterocycles. The Morgan fingerprint density at radius 2 is 1.86 bits per heavy atom. The molecule has 0 N–H and O–H groups in total. The van der Waals surface area contributed by atoms with E-state index in [-0.39, 0.29) is 22.2 Å². The summed E-state index contributed by atoms with van der Waals surface area (Å²) < 4.78 is 53.2. The maximum absolute atomic E-state index is 13.8. The van der Waals surface area contributed by atoms with Gasteiger partial charge in [0.1, 0.15) is 17.3 Å². The van der Waals surface area contributed by atoms with Crippen LogP contribution in [-0.4, -0.2) is 19.6 Å². The molecule has 2 aromatic heterocycles. The first-order valence-electron chi connectivity index (χ1n) is 5.59. The van der Waals surface area contributed by atoms with Gasteiger partial charge in [-0.25, -0.2) is 9.37 Å². The number of halogens is 5. The summed E-state index contributed by atoms with van der Waals surface area (Å²) >= 11 is 5.68. The van der Waals surface area contributed by atoms with Crippen LogP contribution in [0, 0.1) is 5.82 Å². The van der Waals surface area contributed by atoms with Gasteiger partial charge in [-0.2, -0.15) is 13.2 Å². The van der Waals surface area contributed by atoms with Crippen LogP contribution < -0.4 is 0 Å². The number of alkyl halides is 3. The highest BCUT2D eigenvalue weighted by Crippen LogP contribution is 2.33. The van der Waals surface area contributed by atoms with Crippen LogP contribution in [0.1, 0.15) is 5.56 Å². The molecule has 21 heavy (non-hydrogen) atoms. The zero-order valence-corrected chi connectivity index (χ0v) is 10.8. The summed E-state index contributed by atoms with van der Waals surface area (Å²) in [5.74, 6) is -0.926. The molecule has 3 rings (SSSR count). The Morgan fingerprint density at radius 3 is 2.57 bits per heavy atom. The fourth-order valence-electron chi connectivity index (χ4n) is 1.83. The van der Waals surface area contributed by atoms with Crippen molar-refractivity contribution in [3.05, 3.63) is 47.1 Å². The second kappa shape index (κ2) is 4.66. The van der Waals surface area contributed by atoms with E-state index >= 15 is 0 Å². The van der Waals surface area contributed by atoms with Gasteiger partial charge in [-0.05, 0) is 18.2 Å². The average molecular weight is 317 g/mol. The van der Waals surface area contributed by atoms with E-state index in [1.165, 1.54) is 16.8 Å². The predicted octanol–water partition coefficient (Wildman–Crippen LogP) is 3.60. The minimum absolute atomic E-state index is 0.0854. The summed E-state index contributed by atoms with van der Waals surface area (Å²) in [5, 5.41) is 7.57. The molecule has 108 valence electrons. The molecule has 0 radical (unpaired) electrons. The Bertz CT molecular complexity index is 828. The van der Waals surface area contributed by atoms with Crippen LogP contribution in [0.4, 0.5) is 17.6 Å². The molecule has 0 saturated carbocycles. The van der Waals surface area contributed by atoms with Crippen molar-refractivity contribution in [1.82, 2.24) is 19.6 Å². The molecule has 0 unspecified atom stereocenters. The average Bonchev–Trinajstić information content (AvgIpc) is 2.80. The molecule has 1 aromatic carbocycles. The maximum atomic E-state index is 13.8. The molecule has 0 aliphatic rings. The number of benzene rings is 1. The third-order valence-electron chi connectivity index (χ3n) is 2.80. The Labute approximate surface area is 120 Å². The van der Waals surface area contributed by atoms with Crippen LogP contribution in [0.25, 0.3) is 17.0 Å². The summed E-state index contributed by atoms with van der Waals surface area (Å²) in [6.45, 7) is 0. The first kappa shape index (κ1) is 13.7. The van der Waals surface area contributed by atoms with E-state index in [1.54, 1.807) is 0 Å². The molecule has 0 spiro atoms. The molecular formula is C12H5ClF4N4. The fraction of sp³-hybridized carbons (Fsp3) is 0.0833. The fourth-order valence-corrected chi connectivity index (χ4v) is 1.97. The maximum Gasteiger partial charge on any atom is 0.416 e. The van der Waals surface area contributed by atoms with Gasteiger partial charge in [-0.1, -0.05) is 11.6 Å². The molecule has 0 saturated heterocycles. The van der Waals surface area contributed by atoms with Gasteiger partial charge >= 0.3 is 6.18 Å². The Balaban J connectivity index is 2.23. The normalized spacial score (nSPS) is 12.0. The van der Waals surface area contributed by atoms with Crippen molar-refractivity contribution < 1.29 is 17.6 Å². The van der Waals surface area contributed by atoms with Crippen molar-refractivity contribution in [2.45, 2.75) is 6.18 Å². The van der Waals surface area contributed by atoms with Crippen LogP contribution in [0.15, 0.2) is 30.6 Å². The first-order chi connectivity index (χ1) is 9.86. The van der Waals surface area contributed by atoms with Crippen molar-refractivity contribution in [2.24, 2.45) is 0 Å². The third-order valence-corrected chi connectivity index (χ3v) is 3.01. The van der Waals surface area contributed by atoms with E-state index < -0.39 is 17.6 Å². The number of hydrogen-bond acceptors (Lipinski definition) is 3. The third kappa shape index (κ3) is 2.42. The van der Waals surface area contributed by atoms with Gasteiger partial charge in [0, 0.05) is 6.07 Å². The van der Waals surface area contributed by atoms with Crippen LogP contribution in [0.2, 0.25) is 5.15 Å². The predicted molar refractivity (Wildman–Crippen MR) is 66.2 cm³/mol. The SMILES string of the molecule is Fc1ccc(C(F)(F)F)cc1-c1nnc2cc(Cl)ncn12. The van der Waals surface area contributed by atoms with Gasteiger partial charge in [0.2, 0.25) is 0 Å². The summed E-state index contributed by atoms with van der Waals surface area (Å²) in [7, 11) is 0. The minimum atomic E-state index is -4.58. The van der Waals surface area contributed by atoms with Crippen molar-refractivity contribution in [3.8, 4) is 11.4 Å². The lowest BCUT2D eigenvalue weighted by molar-refractivity contribution is -0.137. The van der Waals surface area contributed by atoms with Crippen LogP contribution >= 0.6 is 11.6 Å². The van der Waals surface area contributed by atoms with E-state index in [9.17, 15) is 17.6 Å². The van der Waals surface area contributed by atoms with E-state index in [0.29, 0.717) is 12.1 Å². The standard InChI is InChI=1S/C12H5ClF4N4/c13-9-4-10-19-20-11(21(10)5-18-9)7-3-6(12(15,16)17)1-2-8(7)14/h1-5H. The smallest absolute Gasteiger partial charge is 0.265 e. The zero-order valence-electron chi connectivity index (χ0n) is 10.1. The lowest BCUT2D eigenvalue weighted by Crippen LogP contribution is -2.06. The van der Waals surface area contributed by atoms with E-state index in [1.807, 2.05) is 0 Å². The number of nitrogens with zero attached hydrogens (tertiary/aromatic N) is 4. The van der Waals surface area contributed by atoms with E-state index in [0.717, 1.165) is 6.07 Å². The second-order valence-electron chi connectivity index (χ2n) is 4.16. The van der Waals surface area contributed by atoms with Gasteiger partial charge in [-0.3, -0.25) is 4.40 Å². The van der Waals surface area contributed by atoms with Crippen molar-refractivity contribution in [3.63, 3.8) is 0 Å². The minimum Gasteiger partial charge on any atom is -0.265 e. The van der Waals surface area contributed by atoms with Gasteiger partial charge in [0.15, 0.2) is 11.5 Å². The molecule has 0 atom stereocenters. The largest absolute Gasteiger partial charge is 0.416 e. The molecule has 9 heteroatoms. The molecular weight excluding hydrogens is 312 g/mol. The molecule has 0 aliphatic carbocycles. The molecule has 0 amide bonds. The van der Waals surface area contributed by atoms with Crippen LogP contribution in [0.3, 0.4) is 0 Å². The molecule has 4 nitrogen and oxygen atoms in total. The van der Waals surface area contributed by atoms with E-state index in [4.69, 9.17) is 11.6 Å². The Morgan fingerprint density at radius 1 is 1.10 bits per heavy atom. The first-order valence-corrected chi connectivity index (χ1v) is 5.97. The van der Waals surface area contributed by atoms with Gasteiger partial charge < -0.3 is 0 Å². The number of fused-ring (bicyclic) bond motifs is 1. The highest BCUT2D eigenvalue weighted by atomic mass is 35.5. The zero-order chi connectivity index (χ0) is 15.2. The summed E-state index contributed by atoms with van der Waals surface area (Å²) in [6.07, 6.45) is -3.36. The Hall–Kier alpha value is -2.22. The van der Waals surface area contributed by atoms with Gasteiger partial charge in [0.25, 0.3) is 0 Å². The summed E-state index contributed by atoms with van der Waals surface area (Å²) in [6, 6.07) is 3.45. The highest BCUT2D eigenvalue weighted by Gasteiger charge is 2.31. The summed E-state index contributed by atoms with van der Waals surface area (Å²) in [4.78, 5) is 3.77. The lowest BCUT2D eigenvalue weighted by atomic mass is 10.1. The second-order valence-corrected chi connectivity index (χ2v) is 4.54. The Kier molecular flexibility index (Phi) is 3.05. The van der Waals surface area contributed by atoms with Crippen molar-refractivity contribution in [2.75, 3.05) is 0 Å². The van der Waals surface area contributed by atoms with Crippen LogP contribution in [-0.2, 0) is 6.18 Å². The monoisotopic (exact) mass is 316 g/mol. The van der Waals surface area contributed by atoms with Gasteiger partial charge in [-0.15, -0.1) is 10.2 Å². The van der Waals surface area contributed by atoms with Crippen LogP contribution in [0.5, 0.6) is 0 Å². The lowest BCUT2D eigenvalue weighted by Gasteiger charge is -2.08. The molecule has 0 fully saturated rings. The molecule has 0 bridgehead atoms. The van der Waals surface area contributed by atoms with Crippen molar-refractivity contribution in [1.29, 1.82) is 0 Å². The topological polar surface area (TPSA) is 43.1 Å². The van der Waals surface area contributed by atoms with Gasteiger partial charge in [0.05, 0.1) is 11.1 Å². The number of aromatic nitrogens is 4. The van der Waals surface area contributed by atoms with Crippen molar-refractivity contribution >= 4 is 17.2 Å². The van der Waals surface area contributed by atoms with E-state index in [2.05, 4.69) is 15.2 Å². The molecule has 3 aromatic rings. The summed E-state index contributed by atoms with van der Waals surface area (Å²) in [5.41, 5.74) is -1.04.